The minimum Gasteiger partial charge on any atom is -0.368 e. The average molecular weight is 321 g/mol. The topological polar surface area (TPSA) is 37.2 Å². The summed E-state index contributed by atoms with van der Waals surface area (Å²) in [6.07, 6.45) is 3.73. The molecule has 1 aliphatic heterocycles. The molecule has 0 spiro atoms. The van der Waals surface area contributed by atoms with Crippen LogP contribution in [0, 0.1) is 13.8 Å². The summed E-state index contributed by atoms with van der Waals surface area (Å²) in [4.78, 5) is 13.8. The van der Waals surface area contributed by atoms with Gasteiger partial charge < -0.3 is 14.4 Å². The zero-order valence-corrected chi connectivity index (χ0v) is 14.5. The molecule has 0 aliphatic carbocycles. The fourth-order valence-electron chi connectivity index (χ4n) is 3.54. The molecule has 1 saturated heterocycles. The summed E-state index contributed by atoms with van der Waals surface area (Å²) in [5.74, 6) is 1.06. The van der Waals surface area contributed by atoms with Crippen LogP contribution >= 0.6 is 0 Å². The Balaban J connectivity index is 1.56. The molecule has 24 heavy (non-hydrogen) atoms. The Kier molecular flexibility index (Phi) is 3.63. The van der Waals surface area contributed by atoms with Crippen LogP contribution in [0.3, 0.4) is 0 Å². The van der Waals surface area contributed by atoms with Crippen molar-refractivity contribution in [2.24, 2.45) is 7.05 Å². The Morgan fingerprint density at radius 3 is 2.46 bits per heavy atom. The molecule has 0 bridgehead atoms. The van der Waals surface area contributed by atoms with E-state index >= 15 is 0 Å². The Hall–Kier alpha value is -2.56. The number of fused-ring (bicyclic) bond motifs is 1. The molecule has 0 amide bonds. The van der Waals surface area contributed by atoms with Crippen LogP contribution < -0.4 is 9.80 Å². The van der Waals surface area contributed by atoms with E-state index in [0.717, 1.165) is 43.0 Å². The van der Waals surface area contributed by atoms with Crippen molar-refractivity contribution in [2.45, 2.75) is 13.8 Å². The molecular formula is C19H23N5. The Morgan fingerprint density at radius 2 is 1.67 bits per heavy atom. The van der Waals surface area contributed by atoms with Gasteiger partial charge in [-0.1, -0.05) is 12.1 Å². The van der Waals surface area contributed by atoms with Crippen LogP contribution in [0.25, 0.3) is 11.0 Å². The number of piperazine rings is 1. The maximum Gasteiger partial charge on any atom is 0.145 e. The molecule has 0 radical (unpaired) electrons. The lowest BCUT2D eigenvalue weighted by atomic mass is 10.1. The number of nitrogens with zero attached hydrogens (tertiary/aromatic N) is 5. The average Bonchev–Trinajstić information content (AvgIpc) is 2.99. The Bertz CT molecular complexity index is 875. The number of hydrogen-bond donors (Lipinski definition) is 0. The molecule has 2 aromatic heterocycles. The molecule has 124 valence electrons. The van der Waals surface area contributed by atoms with Gasteiger partial charge in [0.1, 0.15) is 17.8 Å². The van der Waals surface area contributed by atoms with Crippen molar-refractivity contribution in [1.82, 2.24) is 14.5 Å². The number of benzene rings is 1. The lowest BCUT2D eigenvalue weighted by Gasteiger charge is -2.37. The van der Waals surface area contributed by atoms with Gasteiger partial charge in [-0.05, 0) is 37.1 Å². The highest BCUT2D eigenvalue weighted by Gasteiger charge is 2.21. The van der Waals surface area contributed by atoms with Crippen LogP contribution in [0.2, 0.25) is 0 Å². The van der Waals surface area contributed by atoms with Gasteiger partial charge in [-0.15, -0.1) is 0 Å². The van der Waals surface area contributed by atoms with Crippen LogP contribution in [0.4, 0.5) is 11.5 Å². The maximum atomic E-state index is 4.56. The second-order valence-electron chi connectivity index (χ2n) is 6.63. The van der Waals surface area contributed by atoms with E-state index in [1.165, 1.54) is 16.8 Å². The number of hydrogen-bond acceptors (Lipinski definition) is 4. The zero-order chi connectivity index (χ0) is 16.7. The lowest BCUT2D eigenvalue weighted by molar-refractivity contribution is 0.647. The molecule has 5 nitrogen and oxygen atoms in total. The Labute approximate surface area is 142 Å². The van der Waals surface area contributed by atoms with Crippen molar-refractivity contribution in [2.75, 3.05) is 36.0 Å². The molecule has 4 rings (SSSR count). The second-order valence-corrected chi connectivity index (χ2v) is 6.63. The largest absolute Gasteiger partial charge is 0.368 e. The van der Waals surface area contributed by atoms with Crippen LogP contribution in [0.15, 0.2) is 36.8 Å². The van der Waals surface area contributed by atoms with Crippen LogP contribution in [0.1, 0.15) is 11.1 Å². The summed E-state index contributed by atoms with van der Waals surface area (Å²) in [6.45, 7) is 8.35. The summed E-state index contributed by atoms with van der Waals surface area (Å²) in [5, 5.41) is 1.14. The van der Waals surface area contributed by atoms with Gasteiger partial charge in [-0.3, -0.25) is 0 Å². The molecule has 0 saturated carbocycles. The second kappa shape index (κ2) is 5.82. The van der Waals surface area contributed by atoms with E-state index in [9.17, 15) is 0 Å². The van der Waals surface area contributed by atoms with Crippen molar-refractivity contribution < 1.29 is 0 Å². The summed E-state index contributed by atoms with van der Waals surface area (Å²) in [7, 11) is 2.03. The first-order chi connectivity index (χ1) is 11.6. The molecule has 1 aromatic carbocycles. The first-order valence-electron chi connectivity index (χ1n) is 8.46. The van der Waals surface area contributed by atoms with Gasteiger partial charge in [0.25, 0.3) is 0 Å². The normalized spacial score (nSPS) is 15.3. The van der Waals surface area contributed by atoms with Gasteiger partial charge in [0.2, 0.25) is 0 Å². The van der Waals surface area contributed by atoms with Crippen molar-refractivity contribution in [3.63, 3.8) is 0 Å². The summed E-state index contributed by atoms with van der Waals surface area (Å²) < 4.78 is 2.05. The van der Waals surface area contributed by atoms with Crippen LogP contribution in [-0.4, -0.2) is 40.7 Å². The summed E-state index contributed by atoms with van der Waals surface area (Å²) in [5.41, 5.74) is 5.03. The van der Waals surface area contributed by atoms with Crippen molar-refractivity contribution >= 4 is 22.5 Å². The van der Waals surface area contributed by atoms with Crippen molar-refractivity contribution in [1.29, 1.82) is 0 Å². The van der Waals surface area contributed by atoms with E-state index in [0.29, 0.717) is 0 Å². The van der Waals surface area contributed by atoms with Gasteiger partial charge in [0, 0.05) is 45.1 Å². The standard InChI is InChI=1S/C19H23N5/c1-14-4-5-15(2)17(12-14)23-8-10-24(11-9-23)19-16-6-7-22(3)18(16)20-13-21-19/h4-7,12-13H,8-11H2,1-3H3. The minimum absolute atomic E-state index is 0.981. The van der Waals surface area contributed by atoms with E-state index in [-0.39, 0.29) is 0 Å². The van der Waals surface area contributed by atoms with E-state index in [2.05, 4.69) is 64.1 Å². The summed E-state index contributed by atoms with van der Waals surface area (Å²) >= 11 is 0. The number of anilines is 2. The van der Waals surface area contributed by atoms with Crippen LogP contribution in [-0.2, 0) is 7.05 Å². The molecular weight excluding hydrogens is 298 g/mol. The predicted octanol–water partition coefficient (Wildman–Crippen LogP) is 2.91. The quantitative estimate of drug-likeness (QED) is 0.727. The third-order valence-electron chi connectivity index (χ3n) is 4.93. The van der Waals surface area contributed by atoms with E-state index < -0.39 is 0 Å². The molecule has 0 unspecified atom stereocenters. The molecule has 3 heterocycles. The smallest absolute Gasteiger partial charge is 0.145 e. The number of aromatic nitrogens is 3. The first-order valence-corrected chi connectivity index (χ1v) is 8.46. The monoisotopic (exact) mass is 321 g/mol. The number of aryl methyl sites for hydroxylation is 3. The fraction of sp³-hybridized carbons (Fsp3) is 0.368. The van der Waals surface area contributed by atoms with E-state index in [4.69, 9.17) is 0 Å². The van der Waals surface area contributed by atoms with Crippen molar-refractivity contribution in [3.8, 4) is 0 Å². The van der Waals surface area contributed by atoms with Crippen molar-refractivity contribution in [3.05, 3.63) is 47.9 Å². The molecule has 0 atom stereocenters. The molecule has 0 N–H and O–H groups in total. The van der Waals surface area contributed by atoms with Gasteiger partial charge in [0.15, 0.2) is 0 Å². The molecule has 1 fully saturated rings. The highest BCUT2D eigenvalue weighted by Crippen LogP contribution is 2.27. The predicted molar refractivity (Wildman–Crippen MR) is 98.9 cm³/mol. The lowest BCUT2D eigenvalue weighted by Crippen LogP contribution is -2.47. The van der Waals surface area contributed by atoms with Gasteiger partial charge >= 0.3 is 0 Å². The molecule has 1 aliphatic rings. The summed E-state index contributed by atoms with van der Waals surface area (Å²) in [6, 6.07) is 8.81. The molecule has 3 aromatic rings. The Morgan fingerprint density at radius 1 is 0.917 bits per heavy atom. The third-order valence-corrected chi connectivity index (χ3v) is 4.93. The van der Waals surface area contributed by atoms with Gasteiger partial charge in [-0.2, -0.15) is 0 Å². The number of rotatable bonds is 2. The highest BCUT2D eigenvalue weighted by molar-refractivity contribution is 5.87. The van der Waals surface area contributed by atoms with Crippen LogP contribution in [0.5, 0.6) is 0 Å². The fourth-order valence-corrected chi connectivity index (χ4v) is 3.54. The third kappa shape index (κ3) is 2.50. The first kappa shape index (κ1) is 15.0. The maximum absolute atomic E-state index is 4.56. The zero-order valence-electron chi connectivity index (χ0n) is 14.5. The van der Waals surface area contributed by atoms with E-state index in [1.54, 1.807) is 6.33 Å². The molecule has 5 heteroatoms. The minimum atomic E-state index is 0.981. The SMILES string of the molecule is Cc1ccc(C)c(N2CCN(c3ncnc4c3ccn4C)CC2)c1. The van der Waals surface area contributed by atoms with Gasteiger partial charge in [-0.25, -0.2) is 9.97 Å². The highest BCUT2D eigenvalue weighted by atomic mass is 15.3. The van der Waals surface area contributed by atoms with E-state index in [1.807, 2.05) is 11.6 Å². The van der Waals surface area contributed by atoms with Gasteiger partial charge in [0.05, 0.1) is 5.39 Å².